The van der Waals surface area contributed by atoms with E-state index in [0.717, 1.165) is 0 Å². The van der Waals surface area contributed by atoms with Gasteiger partial charge in [0.15, 0.2) is 0 Å². The average molecular weight is 375 g/mol. The second kappa shape index (κ2) is 6.74. The van der Waals surface area contributed by atoms with Gasteiger partial charge in [0, 0.05) is 5.92 Å². The lowest BCUT2D eigenvalue weighted by molar-refractivity contribution is 0.592. The molecule has 0 saturated heterocycles. The highest BCUT2D eigenvalue weighted by Gasteiger charge is 2.35. The van der Waals surface area contributed by atoms with Crippen molar-refractivity contribution in [3.8, 4) is 22.3 Å². The van der Waals surface area contributed by atoms with Crippen molar-refractivity contribution in [2.24, 2.45) is 0 Å². The van der Waals surface area contributed by atoms with Gasteiger partial charge in [0.05, 0.1) is 0 Å². The Labute approximate surface area is 173 Å². The molecule has 142 valence electrons. The molecule has 4 aromatic rings. The van der Waals surface area contributed by atoms with Crippen LogP contribution in [0.25, 0.3) is 22.3 Å². The Morgan fingerprint density at radius 3 is 1.90 bits per heavy atom. The van der Waals surface area contributed by atoms with E-state index in [0.29, 0.717) is 0 Å². The maximum absolute atomic E-state index is 2.35. The predicted octanol–water partition coefficient (Wildman–Crippen LogP) is 7.81. The van der Waals surface area contributed by atoms with E-state index >= 15 is 0 Å². The monoisotopic (exact) mass is 374 g/mol. The van der Waals surface area contributed by atoms with Gasteiger partial charge < -0.3 is 0 Å². The number of hydrogen-bond acceptors (Lipinski definition) is 0. The van der Waals surface area contributed by atoms with Crippen LogP contribution in [0, 0.1) is 0 Å². The molecule has 0 spiro atoms. The van der Waals surface area contributed by atoms with E-state index in [4.69, 9.17) is 0 Å². The zero-order valence-electron chi connectivity index (χ0n) is 17.3. The van der Waals surface area contributed by atoms with Gasteiger partial charge in [-0.15, -0.1) is 0 Å². The highest BCUT2D eigenvalue weighted by Crippen LogP contribution is 2.54. The van der Waals surface area contributed by atoms with E-state index in [1.54, 1.807) is 0 Å². The topological polar surface area (TPSA) is 0 Å². The highest BCUT2D eigenvalue weighted by atomic mass is 14.4. The minimum Gasteiger partial charge on any atom is -0.0622 e. The van der Waals surface area contributed by atoms with E-state index < -0.39 is 0 Å². The van der Waals surface area contributed by atoms with Gasteiger partial charge in [0.25, 0.3) is 0 Å². The van der Waals surface area contributed by atoms with Crippen LogP contribution in [0.2, 0.25) is 0 Å². The molecule has 5 rings (SSSR count). The summed E-state index contributed by atoms with van der Waals surface area (Å²) in [6.45, 7) is 6.97. The maximum Gasteiger partial charge on any atom is 0.0358 e. The van der Waals surface area contributed by atoms with Crippen LogP contribution in [0.3, 0.4) is 0 Å². The molecule has 0 aliphatic heterocycles. The molecule has 0 heterocycles. The predicted molar refractivity (Wildman–Crippen MR) is 123 cm³/mol. The second-order valence-corrected chi connectivity index (χ2v) is 9.00. The number of rotatable bonds is 2. The number of fused-ring (bicyclic) bond motifs is 3. The highest BCUT2D eigenvalue weighted by molar-refractivity contribution is 5.90. The van der Waals surface area contributed by atoms with Crippen LogP contribution in [0.5, 0.6) is 0 Å². The first kappa shape index (κ1) is 17.9. The Morgan fingerprint density at radius 2 is 1.21 bits per heavy atom. The van der Waals surface area contributed by atoms with E-state index in [-0.39, 0.29) is 11.3 Å². The quantitative estimate of drug-likeness (QED) is 0.295. The Balaban J connectivity index is 1.90. The SMILES string of the molecule is CC(C)(C)c1ccc(-c2ccccc2)c2c1-c1ccccc1C2c1ccccc1. The summed E-state index contributed by atoms with van der Waals surface area (Å²) in [6.07, 6.45) is 0. The first-order valence-electron chi connectivity index (χ1n) is 10.4. The fraction of sp³-hybridized carbons (Fsp3) is 0.172. The molecule has 0 N–H and O–H groups in total. The summed E-state index contributed by atoms with van der Waals surface area (Å²) < 4.78 is 0. The zero-order chi connectivity index (χ0) is 20.0. The lowest BCUT2D eigenvalue weighted by Crippen LogP contribution is -2.13. The van der Waals surface area contributed by atoms with E-state index in [9.17, 15) is 0 Å². The third kappa shape index (κ3) is 2.91. The molecule has 0 bridgehead atoms. The lowest BCUT2D eigenvalue weighted by Gasteiger charge is -2.26. The Hall–Kier alpha value is -3.12. The van der Waals surface area contributed by atoms with Crippen LogP contribution in [0.15, 0.2) is 97.1 Å². The third-order valence-electron chi connectivity index (χ3n) is 6.10. The van der Waals surface area contributed by atoms with Crippen LogP contribution >= 0.6 is 0 Å². The Bertz CT molecular complexity index is 1160. The Morgan fingerprint density at radius 1 is 0.586 bits per heavy atom. The molecule has 1 aliphatic carbocycles. The van der Waals surface area contributed by atoms with Gasteiger partial charge in [-0.05, 0) is 49.9 Å². The van der Waals surface area contributed by atoms with Gasteiger partial charge in [0.1, 0.15) is 0 Å². The van der Waals surface area contributed by atoms with Crippen molar-refractivity contribution < 1.29 is 0 Å². The van der Waals surface area contributed by atoms with Crippen molar-refractivity contribution in [2.75, 3.05) is 0 Å². The van der Waals surface area contributed by atoms with E-state index in [1.165, 1.54) is 44.5 Å². The van der Waals surface area contributed by atoms with Crippen molar-refractivity contribution in [1.82, 2.24) is 0 Å². The van der Waals surface area contributed by atoms with Crippen molar-refractivity contribution in [3.05, 3.63) is 119 Å². The van der Waals surface area contributed by atoms with Gasteiger partial charge in [-0.2, -0.15) is 0 Å². The molecule has 0 amide bonds. The Kier molecular flexibility index (Phi) is 4.17. The second-order valence-electron chi connectivity index (χ2n) is 9.00. The van der Waals surface area contributed by atoms with Gasteiger partial charge in [-0.1, -0.05) is 118 Å². The summed E-state index contributed by atoms with van der Waals surface area (Å²) in [5.41, 5.74) is 11.2. The molecular weight excluding hydrogens is 348 g/mol. The first-order chi connectivity index (χ1) is 14.1. The molecule has 0 heteroatoms. The summed E-state index contributed by atoms with van der Waals surface area (Å²) in [7, 11) is 0. The molecule has 0 radical (unpaired) electrons. The molecular formula is C29H26. The summed E-state index contributed by atoms with van der Waals surface area (Å²) in [6, 6.07) is 35.5. The molecule has 1 aliphatic rings. The summed E-state index contributed by atoms with van der Waals surface area (Å²) >= 11 is 0. The van der Waals surface area contributed by atoms with Gasteiger partial charge in [0.2, 0.25) is 0 Å². The molecule has 1 atom stereocenters. The van der Waals surface area contributed by atoms with E-state index in [2.05, 4.69) is 118 Å². The van der Waals surface area contributed by atoms with E-state index in [1.807, 2.05) is 0 Å². The standard InChI is InChI=1S/C29H26/c1-29(2,3)25-19-18-22(20-12-6-4-7-13-20)28-26(21-14-8-5-9-15-21)23-16-10-11-17-24(23)27(25)28/h4-19,26H,1-3H3. The first-order valence-corrected chi connectivity index (χ1v) is 10.4. The van der Waals surface area contributed by atoms with Crippen LogP contribution in [0.4, 0.5) is 0 Å². The molecule has 0 aromatic heterocycles. The smallest absolute Gasteiger partial charge is 0.0358 e. The van der Waals surface area contributed by atoms with Crippen molar-refractivity contribution in [1.29, 1.82) is 0 Å². The molecule has 0 nitrogen and oxygen atoms in total. The third-order valence-corrected chi connectivity index (χ3v) is 6.10. The lowest BCUT2D eigenvalue weighted by atomic mass is 9.78. The van der Waals surface area contributed by atoms with Crippen LogP contribution < -0.4 is 0 Å². The normalized spacial score (nSPS) is 15.1. The maximum atomic E-state index is 2.35. The van der Waals surface area contributed by atoms with Crippen LogP contribution in [-0.4, -0.2) is 0 Å². The molecule has 1 unspecified atom stereocenters. The average Bonchev–Trinajstić information content (AvgIpc) is 3.09. The van der Waals surface area contributed by atoms with Gasteiger partial charge >= 0.3 is 0 Å². The summed E-state index contributed by atoms with van der Waals surface area (Å²) in [5, 5.41) is 0. The number of benzene rings is 4. The van der Waals surface area contributed by atoms with Crippen molar-refractivity contribution >= 4 is 0 Å². The van der Waals surface area contributed by atoms with Crippen LogP contribution in [-0.2, 0) is 5.41 Å². The van der Waals surface area contributed by atoms with Crippen LogP contribution in [0.1, 0.15) is 48.9 Å². The minimum atomic E-state index is 0.0813. The fourth-order valence-electron chi connectivity index (χ4n) is 4.83. The van der Waals surface area contributed by atoms with Gasteiger partial charge in [-0.3, -0.25) is 0 Å². The van der Waals surface area contributed by atoms with Gasteiger partial charge in [-0.25, -0.2) is 0 Å². The minimum absolute atomic E-state index is 0.0813. The van der Waals surface area contributed by atoms with Crippen molar-refractivity contribution in [2.45, 2.75) is 32.1 Å². The fourth-order valence-corrected chi connectivity index (χ4v) is 4.83. The molecule has 0 saturated carbocycles. The molecule has 29 heavy (non-hydrogen) atoms. The zero-order valence-corrected chi connectivity index (χ0v) is 17.3. The number of hydrogen-bond donors (Lipinski definition) is 0. The molecule has 4 aromatic carbocycles. The molecule has 0 fully saturated rings. The summed E-state index contributed by atoms with van der Waals surface area (Å²) in [5.74, 6) is 0.264. The van der Waals surface area contributed by atoms with Crippen molar-refractivity contribution in [3.63, 3.8) is 0 Å². The summed E-state index contributed by atoms with van der Waals surface area (Å²) in [4.78, 5) is 0. The largest absolute Gasteiger partial charge is 0.0622 e.